The average Bonchev–Trinajstić information content (AvgIpc) is 3.03. The molecule has 0 fully saturated rings. The maximum Gasteiger partial charge on any atom is 0.289 e. The molecule has 2 aromatic heterocycles. The van der Waals surface area contributed by atoms with Gasteiger partial charge in [-0.05, 0) is 39.0 Å². The fourth-order valence-corrected chi connectivity index (χ4v) is 2.97. The molecule has 0 atom stereocenters. The maximum atomic E-state index is 12.7. The lowest BCUT2D eigenvalue weighted by molar-refractivity contribution is 0.0944. The van der Waals surface area contributed by atoms with Gasteiger partial charge in [0.2, 0.25) is 0 Å². The van der Waals surface area contributed by atoms with E-state index < -0.39 is 5.91 Å². The van der Waals surface area contributed by atoms with Crippen LogP contribution >= 0.6 is 0 Å². The number of allylic oxidation sites excluding steroid dienone is 1. The number of aromatic nitrogens is 3. The number of benzene rings is 1. The molecule has 0 radical (unpaired) electrons. The minimum atomic E-state index is -0.407. The summed E-state index contributed by atoms with van der Waals surface area (Å²) in [5, 5.41) is 14.7. The Hall–Kier alpha value is -3.13. The topological polar surface area (TPSA) is 63.6 Å². The van der Waals surface area contributed by atoms with E-state index in [9.17, 15) is 10.1 Å². The molecular formula is C19H18N4O. The highest BCUT2D eigenvalue weighted by Gasteiger charge is 2.18. The van der Waals surface area contributed by atoms with Crippen LogP contribution < -0.4 is 0 Å². The fourth-order valence-electron chi connectivity index (χ4n) is 2.97. The lowest BCUT2D eigenvalue weighted by Gasteiger charge is -2.02. The van der Waals surface area contributed by atoms with E-state index in [0.29, 0.717) is 5.69 Å². The second kappa shape index (κ2) is 5.82. The summed E-state index contributed by atoms with van der Waals surface area (Å²) in [7, 11) is 1.98. The maximum absolute atomic E-state index is 12.7. The molecule has 1 aromatic carbocycles. The first-order chi connectivity index (χ1) is 11.4. The number of nitriles is 1. The van der Waals surface area contributed by atoms with E-state index in [2.05, 4.69) is 9.67 Å². The molecule has 0 unspecified atom stereocenters. The second-order valence-electron chi connectivity index (χ2n) is 5.89. The van der Waals surface area contributed by atoms with Crippen LogP contribution in [0.3, 0.4) is 0 Å². The first-order valence-corrected chi connectivity index (χ1v) is 7.68. The molecule has 0 N–H and O–H groups in total. The Kier molecular flexibility index (Phi) is 3.82. The summed E-state index contributed by atoms with van der Waals surface area (Å²) in [6, 6.07) is 11.8. The molecule has 0 aliphatic carbocycles. The number of carbonyl (C=O) groups is 1. The number of carbonyl (C=O) groups excluding carboxylic acids is 1. The highest BCUT2D eigenvalue weighted by atomic mass is 16.2. The van der Waals surface area contributed by atoms with Crippen LogP contribution in [0, 0.1) is 32.1 Å². The molecule has 0 aliphatic heterocycles. The summed E-state index contributed by atoms with van der Waals surface area (Å²) in [6.45, 7) is 5.60. The number of rotatable bonds is 2. The van der Waals surface area contributed by atoms with Gasteiger partial charge in [-0.25, -0.2) is 4.68 Å². The Morgan fingerprint density at radius 1 is 1.25 bits per heavy atom. The van der Waals surface area contributed by atoms with Crippen molar-refractivity contribution in [3.63, 3.8) is 0 Å². The zero-order valence-electron chi connectivity index (χ0n) is 14.2. The van der Waals surface area contributed by atoms with E-state index in [0.717, 1.165) is 27.9 Å². The van der Waals surface area contributed by atoms with Gasteiger partial charge in [0.1, 0.15) is 11.6 Å². The normalized spacial score (nSPS) is 11.7. The summed E-state index contributed by atoms with van der Waals surface area (Å²) >= 11 is 0. The van der Waals surface area contributed by atoms with Crippen LogP contribution in [-0.4, -0.2) is 20.3 Å². The molecular weight excluding hydrogens is 300 g/mol. The number of para-hydroxylation sites is 1. The Morgan fingerprint density at radius 2 is 1.96 bits per heavy atom. The predicted octanol–water partition coefficient (Wildman–Crippen LogP) is 3.55. The SMILES string of the molecule is Cc1cc(C)n(C(=O)/C(C#N)=C/c2c(C)n(C)c3ccccc23)n1. The summed E-state index contributed by atoms with van der Waals surface area (Å²) in [6.07, 6.45) is 1.66. The van der Waals surface area contributed by atoms with Crippen LogP contribution in [0.25, 0.3) is 17.0 Å². The van der Waals surface area contributed by atoms with Crippen molar-refractivity contribution in [3.8, 4) is 6.07 Å². The highest BCUT2D eigenvalue weighted by Crippen LogP contribution is 2.27. The summed E-state index contributed by atoms with van der Waals surface area (Å²) in [4.78, 5) is 12.7. The molecule has 0 spiro atoms. The predicted molar refractivity (Wildman–Crippen MR) is 93.6 cm³/mol. The van der Waals surface area contributed by atoms with E-state index >= 15 is 0 Å². The molecule has 2 heterocycles. The van der Waals surface area contributed by atoms with Gasteiger partial charge in [-0.3, -0.25) is 4.79 Å². The zero-order valence-corrected chi connectivity index (χ0v) is 14.2. The molecule has 0 bridgehead atoms. The second-order valence-corrected chi connectivity index (χ2v) is 5.89. The van der Waals surface area contributed by atoms with Crippen LogP contribution in [0.5, 0.6) is 0 Å². The first-order valence-electron chi connectivity index (χ1n) is 7.68. The largest absolute Gasteiger partial charge is 0.347 e. The van der Waals surface area contributed by atoms with E-state index in [-0.39, 0.29) is 5.57 Å². The smallest absolute Gasteiger partial charge is 0.289 e. The molecule has 0 saturated heterocycles. The average molecular weight is 318 g/mol. The van der Waals surface area contributed by atoms with Crippen molar-refractivity contribution in [2.24, 2.45) is 7.05 Å². The van der Waals surface area contributed by atoms with Crippen LogP contribution in [-0.2, 0) is 7.05 Å². The van der Waals surface area contributed by atoms with Gasteiger partial charge in [-0.15, -0.1) is 0 Å². The lowest BCUT2D eigenvalue weighted by Crippen LogP contribution is -2.15. The van der Waals surface area contributed by atoms with Gasteiger partial charge in [-0.2, -0.15) is 10.4 Å². The standard InChI is InChI=1S/C19H18N4O/c1-12-9-13(2)23(21-12)19(24)15(11-20)10-17-14(3)22(4)18-8-6-5-7-16(17)18/h5-10H,1-4H3/b15-10+. The third-order valence-corrected chi connectivity index (χ3v) is 4.29. The van der Waals surface area contributed by atoms with Crippen LogP contribution in [0.15, 0.2) is 35.9 Å². The number of hydrogen-bond acceptors (Lipinski definition) is 3. The molecule has 3 aromatic rings. The van der Waals surface area contributed by atoms with Crippen molar-refractivity contribution in [2.45, 2.75) is 20.8 Å². The number of fused-ring (bicyclic) bond motifs is 1. The third-order valence-electron chi connectivity index (χ3n) is 4.29. The van der Waals surface area contributed by atoms with E-state index in [1.54, 1.807) is 13.0 Å². The first kappa shape index (κ1) is 15.8. The van der Waals surface area contributed by atoms with Crippen molar-refractivity contribution in [1.29, 1.82) is 5.26 Å². The van der Waals surface area contributed by atoms with Gasteiger partial charge in [0.25, 0.3) is 5.91 Å². The van der Waals surface area contributed by atoms with Crippen molar-refractivity contribution >= 4 is 22.9 Å². The molecule has 120 valence electrons. The van der Waals surface area contributed by atoms with Gasteiger partial charge < -0.3 is 4.57 Å². The quantitative estimate of drug-likeness (QED) is 0.536. The van der Waals surface area contributed by atoms with Crippen molar-refractivity contribution in [2.75, 3.05) is 0 Å². The summed E-state index contributed by atoms with van der Waals surface area (Å²) in [5.74, 6) is -0.407. The van der Waals surface area contributed by atoms with Gasteiger partial charge in [0.05, 0.1) is 5.69 Å². The summed E-state index contributed by atoms with van der Waals surface area (Å²) < 4.78 is 3.34. The molecule has 5 nitrogen and oxygen atoms in total. The molecule has 0 aliphatic rings. The monoisotopic (exact) mass is 318 g/mol. The van der Waals surface area contributed by atoms with E-state index in [1.165, 1.54) is 4.68 Å². The third kappa shape index (κ3) is 2.42. The van der Waals surface area contributed by atoms with Gasteiger partial charge in [-0.1, -0.05) is 18.2 Å². The molecule has 0 amide bonds. The Bertz CT molecular complexity index is 1030. The zero-order chi connectivity index (χ0) is 17.4. The lowest BCUT2D eigenvalue weighted by atomic mass is 10.1. The Balaban J connectivity index is 2.16. The van der Waals surface area contributed by atoms with E-state index in [4.69, 9.17) is 0 Å². The Morgan fingerprint density at radius 3 is 2.58 bits per heavy atom. The highest BCUT2D eigenvalue weighted by molar-refractivity contribution is 6.05. The van der Waals surface area contributed by atoms with Gasteiger partial charge in [0, 0.05) is 34.9 Å². The van der Waals surface area contributed by atoms with Gasteiger partial charge >= 0.3 is 0 Å². The van der Waals surface area contributed by atoms with Crippen molar-refractivity contribution < 1.29 is 4.79 Å². The molecule has 0 saturated carbocycles. The van der Waals surface area contributed by atoms with Crippen molar-refractivity contribution in [3.05, 3.63) is 58.6 Å². The molecule has 24 heavy (non-hydrogen) atoms. The van der Waals surface area contributed by atoms with Crippen LogP contribution in [0.4, 0.5) is 0 Å². The number of aryl methyl sites for hydroxylation is 3. The number of hydrogen-bond donors (Lipinski definition) is 0. The van der Waals surface area contributed by atoms with Crippen LogP contribution in [0.2, 0.25) is 0 Å². The van der Waals surface area contributed by atoms with Crippen molar-refractivity contribution in [1.82, 2.24) is 14.3 Å². The van der Waals surface area contributed by atoms with Gasteiger partial charge in [0.15, 0.2) is 0 Å². The van der Waals surface area contributed by atoms with E-state index in [1.807, 2.05) is 57.3 Å². The fraction of sp³-hybridized carbons (Fsp3) is 0.211. The molecule has 3 rings (SSSR count). The number of nitrogens with zero attached hydrogens (tertiary/aromatic N) is 4. The minimum Gasteiger partial charge on any atom is -0.347 e. The summed E-state index contributed by atoms with van der Waals surface area (Å²) in [5.41, 5.74) is 4.50. The van der Waals surface area contributed by atoms with Crippen LogP contribution in [0.1, 0.15) is 27.4 Å². The minimum absolute atomic E-state index is 0.0700. The Labute approximate surface area is 140 Å². The molecule has 5 heteroatoms.